The van der Waals surface area contributed by atoms with Gasteiger partial charge in [-0.3, -0.25) is 0 Å². The van der Waals surface area contributed by atoms with Gasteiger partial charge in [0.25, 0.3) is 0 Å². The Bertz CT molecular complexity index is 322. The predicted octanol–water partition coefficient (Wildman–Crippen LogP) is 2.54. The minimum absolute atomic E-state index is 0.665. The average molecular weight is 204 g/mol. The summed E-state index contributed by atoms with van der Waals surface area (Å²) in [6, 6.07) is 8.66. The molecule has 2 rings (SSSR count). The second-order valence-corrected chi connectivity index (χ2v) is 4.43. The van der Waals surface area contributed by atoms with Gasteiger partial charge in [0, 0.05) is 24.7 Å². The van der Waals surface area contributed by atoms with Gasteiger partial charge >= 0.3 is 0 Å². The molecule has 15 heavy (non-hydrogen) atoms. The predicted molar refractivity (Wildman–Crippen MR) is 65.5 cm³/mol. The van der Waals surface area contributed by atoms with E-state index in [0.29, 0.717) is 5.92 Å². The van der Waals surface area contributed by atoms with Gasteiger partial charge in [-0.15, -0.1) is 0 Å². The van der Waals surface area contributed by atoms with Gasteiger partial charge in [0.15, 0.2) is 0 Å². The molecule has 0 saturated heterocycles. The molecule has 1 aromatic rings. The second kappa shape index (κ2) is 4.67. The van der Waals surface area contributed by atoms with Gasteiger partial charge in [-0.2, -0.15) is 0 Å². The van der Waals surface area contributed by atoms with Crippen molar-refractivity contribution in [2.24, 2.45) is 0 Å². The van der Waals surface area contributed by atoms with Crippen LogP contribution in [0.25, 0.3) is 0 Å². The summed E-state index contributed by atoms with van der Waals surface area (Å²) in [5.41, 5.74) is 2.81. The Morgan fingerprint density at radius 1 is 1.40 bits per heavy atom. The first-order chi connectivity index (χ1) is 7.31. The third kappa shape index (κ3) is 2.32. The Labute approximate surface area is 92.3 Å². The molecule has 1 heterocycles. The van der Waals surface area contributed by atoms with E-state index >= 15 is 0 Å². The first-order valence-electron chi connectivity index (χ1n) is 5.82. The number of nitrogens with zero attached hydrogens (tertiary/aromatic N) is 1. The van der Waals surface area contributed by atoms with Gasteiger partial charge in [0.05, 0.1) is 0 Å². The lowest BCUT2D eigenvalue weighted by Gasteiger charge is -2.20. The lowest BCUT2D eigenvalue weighted by molar-refractivity contribution is 0.317. The third-order valence-corrected chi connectivity index (χ3v) is 3.08. The Kier molecular flexibility index (Phi) is 3.27. The van der Waals surface area contributed by atoms with E-state index in [1.165, 1.54) is 24.2 Å². The Balaban J connectivity index is 2.01. The number of fused-ring (bicyclic) bond motifs is 1. The van der Waals surface area contributed by atoms with Gasteiger partial charge < -0.3 is 10.2 Å². The summed E-state index contributed by atoms with van der Waals surface area (Å²) >= 11 is 0. The van der Waals surface area contributed by atoms with E-state index in [1.54, 1.807) is 0 Å². The summed E-state index contributed by atoms with van der Waals surface area (Å²) in [5.74, 6) is 0.665. The van der Waals surface area contributed by atoms with Crippen LogP contribution < -0.4 is 5.32 Å². The Hall–Kier alpha value is -1.02. The minimum Gasteiger partial charge on any atom is -0.384 e. The zero-order chi connectivity index (χ0) is 10.7. The molecule has 1 aliphatic rings. The number of nitrogens with one attached hydrogen (secondary N) is 1. The van der Waals surface area contributed by atoms with Crippen molar-refractivity contribution in [3.8, 4) is 0 Å². The molecule has 1 unspecified atom stereocenters. The standard InChI is InChI=1S/C13H20N2/c1-3-8-15(2)10-11-9-14-13-7-5-4-6-12(11)13/h4-7,11,14H,3,8-10H2,1-2H3. The number of hydrogen-bond acceptors (Lipinski definition) is 2. The number of likely N-dealkylation sites (N-methyl/N-ethyl adjacent to an activating group) is 1. The highest BCUT2D eigenvalue weighted by Gasteiger charge is 2.22. The number of hydrogen-bond donors (Lipinski definition) is 1. The zero-order valence-corrected chi connectivity index (χ0v) is 9.66. The lowest BCUT2D eigenvalue weighted by atomic mass is 10.0. The van der Waals surface area contributed by atoms with Crippen LogP contribution in [0.1, 0.15) is 24.8 Å². The normalized spacial score (nSPS) is 19.0. The molecule has 2 nitrogen and oxygen atoms in total. The molecule has 0 spiro atoms. The number of benzene rings is 1. The molecule has 0 aromatic heterocycles. The highest BCUT2D eigenvalue weighted by molar-refractivity contribution is 5.57. The Morgan fingerprint density at radius 2 is 2.20 bits per heavy atom. The molecule has 1 atom stereocenters. The smallest absolute Gasteiger partial charge is 0.0376 e. The molecule has 0 saturated carbocycles. The topological polar surface area (TPSA) is 15.3 Å². The lowest BCUT2D eigenvalue weighted by Crippen LogP contribution is -2.26. The number of para-hydroxylation sites is 1. The van der Waals surface area contributed by atoms with Gasteiger partial charge in [0.1, 0.15) is 0 Å². The molecular weight excluding hydrogens is 184 g/mol. The molecule has 1 aromatic carbocycles. The van der Waals surface area contributed by atoms with Crippen LogP contribution in [0.4, 0.5) is 5.69 Å². The van der Waals surface area contributed by atoms with Gasteiger partial charge in [0.2, 0.25) is 0 Å². The highest BCUT2D eigenvalue weighted by Crippen LogP contribution is 2.31. The first-order valence-corrected chi connectivity index (χ1v) is 5.82. The third-order valence-electron chi connectivity index (χ3n) is 3.08. The molecule has 1 aliphatic heterocycles. The average Bonchev–Trinajstić information content (AvgIpc) is 2.62. The van der Waals surface area contributed by atoms with Gasteiger partial charge in [-0.05, 0) is 31.6 Å². The van der Waals surface area contributed by atoms with Crippen LogP contribution in [0.5, 0.6) is 0 Å². The summed E-state index contributed by atoms with van der Waals surface area (Å²) < 4.78 is 0. The van der Waals surface area contributed by atoms with E-state index < -0.39 is 0 Å². The fraction of sp³-hybridized carbons (Fsp3) is 0.538. The first kappa shape index (κ1) is 10.5. The maximum Gasteiger partial charge on any atom is 0.0376 e. The van der Waals surface area contributed by atoms with Crippen LogP contribution in [-0.2, 0) is 0 Å². The minimum atomic E-state index is 0.665. The van der Waals surface area contributed by atoms with Crippen molar-refractivity contribution in [2.75, 3.05) is 32.0 Å². The molecule has 0 aliphatic carbocycles. The van der Waals surface area contributed by atoms with Crippen molar-refractivity contribution >= 4 is 5.69 Å². The van der Waals surface area contributed by atoms with Crippen LogP contribution in [0, 0.1) is 0 Å². The molecule has 0 radical (unpaired) electrons. The molecule has 2 heteroatoms. The quantitative estimate of drug-likeness (QED) is 0.810. The fourth-order valence-electron chi connectivity index (χ4n) is 2.37. The maximum atomic E-state index is 3.47. The summed E-state index contributed by atoms with van der Waals surface area (Å²) in [4.78, 5) is 2.43. The Morgan fingerprint density at radius 3 is 3.00 bits per heavy atom. The van der Waals surface area contributed by atoms with Gasteiger partial charge in [-0.1, -0.05) is 25.1 Å². The van der Waals surface area contributed by atoms with E-state index in [0.717, 1.165) is 13.1 Å². The van der Waals surface area contributed by atoms with E-state index in [4.69, 9.17) is 0 Å². The van der Waals surface area contributed by atoms with E-state index in [2.05, 4.69) is 48.5 Å². The van der Waals surface area contributed by atoms with E-state index in [-0.39, 0.29) is 0 Å². The van der Waals surface area contributed by atoms with Crippen molar-refractivity contribution in [2.45, 2.75) is 19.3 Å². The molecule has 0 amide bonds. The molecule has 0 bridgehead atoms. The number of anilines is 1. The monoisotopic (exact) mass is 204 g/mol. The van der Waals surface area contributed by atoms with Crippen molar-refractivity contribution in [1.82, 2.24) is 4.90 Å². The van der Waals surface area contributed by atoms with Crippen LogP contribution >= 0.6 is 0 Å². The fourth-order valence-corrected chi connectivity index (χ4v) is 2.37. The van der Waals surface area contributed by atoms with Crippen LogP contribution in [-0.4, -0.2) is 31.6 Å². The largest absolute Gasteiger partial charge is 0.384 e. The molecular formula is C13H20N2. The number of rotatable bonds is 4. The summed E-state index contributed by atoms with van der Waals surface area (Å²) in [5, 5.41) is 3.47. The van der Waals surface area contributed by atoms with Gasteiger partial charge in [-0.25, -0.2) is 0 Å². The summed E-state index contributed by atoms with van der Waals surface area (Å²) in [7, 11) is 2.21. The van der Waals surface area contributed by atoms with Crippen molar-refractivity contribution < 1.29 is 0 Å². The summed E-state index contributed by atoms with van der Waals surface area (Å²) in [6.07, 6.45) is 1.23. The SMILES string of the molecule is CCCN(C)CC1CNc2ccccc21. The van der Waals surface area contributed by atoms with Crippen molar-refractivity contribution in [1.29, 1.82) is 0 Å². The molecule has 0 fully saturated rings. The van der Waals surface area contributed by atoms with Crippen LogP contribution in [0.2, 0.25) is 0 Å². The van der Waals surface area contributed by atoms with Crippen LogP contribution in [0.15, 0.2) is 24.3 Å². The summed E-state index contributed by atoms with van der Waals surface area (Å²) in [6.45, 7) is 5.68. The molecule has 82 valence electrons. The van der Waals surface area contributed by atoms with E-state index in [1.807, 2.05) is 0 Å². The van der Waals surface area contributed by atoms with Crippen molar-refractivity contribution in [3.63, 3.8) is 0 Å². The van der Waals surface area contributed by atoms with Crippen molar-refractivity contribution in [3.05, 3.63) is 29.8 Å². The molecule has 1 N–H and O–H groups in total. The van der Waals surface area contributed by atoms with Crippen LogP contribution in [0.3, 0.4) is 0 Å². The zero-order valence-electron chi connectivity index (χ0n) is 9.66. The maximum absolute atomic E-state index is 3.47. The second-order valence-electron chi connectivity index (χ2n) is 4.43. The van der Waals surface area contributed by atoms with E-state index in [9.17, 15) is 0 Å². The highest BCUT2D eigenvalue weighted by atomic mass is 15.1.